The lowest BCUT2D eigenvalue weighted by molar-refractivity contribution is 0.462. The molecule has 0 unspecified atom stereocenters. The Bertz CT molecular complexity index is 1220. The van der Waals surface area contributed by atoms with Crippen LogP contribution < -0.4 is 15.0 Å². The smallest absolute Gasteiger partial charge is 0.184 e. The fourth-order valence-electron chi connectivity index (χ4n) is 4.04. The summed E-state index contributed by atoms with van der Waals surface area (Å²) in [6, 6.07) is 14.4. The maximum Gasteiger partial charge on any atom is 0.184 e. The van der Waals surface area contributed by atoms with Crippen molar-refractivity contribution in [1.29, 1.82) is 0 Å². The number of rotatable bonds is 6. The molecule has 0 bridgehead atoms. The molecular weight excluding hydrogens is 418 g/mol. The van der Waals surface area contributed by atoms with Crippen LogP contribution in [0.3, 0.4) is 0 Å². The molecule has 0 atom stereocenters. The topological polar surface area (TPSA) is 63.2 Å². The molecule has 1 fully saturated rings. The number of ether oxygens (including phenoxy) is 1. The monoisotopic (exact) mass is 445 g/mol. The Labute approximate surface area is 192 Å². The van der Waals surface area contributed by atoms with E-state index in [2.05, 4.69) is 21.4 Å². The van der Waals surface area contributed by atoms with Gasteiger partial charge < -0.3 is 15.0 Å². The summed E-state index contributed by atoms with van der Waals surface area (Å²) < 4.78 is 7.30. The lowest BCUT2D eigenvalue weighted by Gasteiger charge is -2.22. The van der Waals surface area contributed by atoms with Crippen LogP contribution in [-0.2, 0) is 0 Å². The van der Waals surface area contributed by atoms with E-state index in [4.69, 9.17) is 9.72 Å². The molecule has 6 nitrogen and oxygen atoms in total. The molecule has 32 heavy (non-hydrogen) atoms. The van der Waals surface area contributed by atoms with E-state index in [1.807, 2.05) is 55.4 Å². The number of aromatic nitrogens is 3. The van der Waals surface area contributed by atoms with Crippen molar-refractivity contribution in [2.24, 2.45) is 0 Å². The number of hydrogen-bond donors (Lipinski definition) is 1. The predicted molar refractivity (Wildman–Crippen MR) is 132 cm³/mol. The molecule has 1 N–H and O–H groups in total. The minimum atomic E-state index is 0.552. The first-order valence-electron chi connectivity index (χ1n) is 11.1. The standard InChI is InChI=1S/C25H27N5OS/c1-30(2)24-14-17(10-12-27-24)22-15-20(11-13-26-22)31-19-8-9-21-23(16-19)32-25(29-21)28-18-6-4-3-5-7-18/h8-16,18H,3-7H2,1-2H3,(H,28,29). The van der Waals surface area contributed by atoms with Gasteiger partial charge in [-0.2, -0.15) is 0 Å². The van der Waals surface area contributed by atoms with Gasteiger partial charge in [0.05, 0.1) is 15.9 Å². The molecule has 0 amide bonds. The van der Waals surface area contributed by atoms with E-state index in [1.54, 1.807) is 23.7 Å². The molecule has 3 aromatic heterocycles. The average Bonchev–Trinajstić information content (AvgIpc) is 3.21. The summed E-state index contributed by atoms with van der Waals surface area (Å²) in [4.78, 5) is 15.6. The summed E-state index contributed by atoms with van der Waals surface area (Å²) in [5.74, 6) is 2.44. The van der Waals surface area contributed by atoms with Crippen molar-refractivity contribution in [1.82, 2.24) is 15.0 Å². The summed E-state index contributed by atoms with van der Waals surface area (Å²) in [5.41, 5.74) is 2.86. The first-order valence-corrected chi connectivity index (χ1v) is 11.9. The fraction of sp³-hybridized carbons (Fsp3) is 0.320. The number of pyridine rings is 2. The van der Waals surface area contributed by atoms with Crippen molar-refractivity contribution < 1.29 is 4.74 Å². The zero-order chi connectivity index (χ0) is 21.9. The van der Waals surface area contributed by atoms with E-state index in [9.17, 15) is 0 Å². The van der Waals surface area contributed by atoms with E-state index in [0.717, 1.165) is 43.9 Å². The lowest BCUT2D eigenvalue weighted by atomic mass is 9.96. The summed E-state index contributed by atoms with van der Waals surface area (Å²) >= 11 is 1.69. The highest BCUT2D eigenvalue weighted by molar-refractivity contribution is 7.22. The normalized spacial score (nSPS) is 14.4. The molecule has 1 aliphatic carbocycles. The molecule has 164 valence electrons. The number of thiazole rings is 1. The molecule has 1 aliphatic rings. The Balaban J connectivity index is 1.34. The zero-order valence-electron chi connectivity index (χ0n) is 18.4. The van der Waals surface area contributed by atoms with Gasteiger partial charge in [-0.1, -0.05) is 30.6 Å². The Kier molecular flexibility index (Phi) is 5.90. The van der Waals surface area contributed by atoms with E-state index in [0.29, 0.717) is 6.04 Å². The highest BCUT2D eigenvalue weighted by atomic mass is 32.1. The molecular formula is C25H27N5OS. The second-order valence-electron chi connectivity index (χ2n) is 8.40. The molecule has 1 saturated carbocycles. The number of hydrogen-bond acceptors (Lipinski definition) is 7. The van der Waals surface area contributed by atoms with Crippen LogP contribution in [0, 0.1) is 0 Å². The van der Waals surface area contributed by atoms with Gasteiger partial charge in [0.1, 0.15) is 17.3 Å². The van der Waals surface area contributed by atoms with Gasteiger partial charge in [0.2, 0.25) is 0 Å². The van der Waals surface area contributed by atoms with Crippen molar-refractivity contribution in [3.63, 3.8) is 0 Å². The Morgan fingerprint density at radius 3 is 2.59 bits per heavy atom. The van der Waals surface area contributed by atoms with Crippen LogP contribution >= 0.6 is 11.3 Å². The number of nitrogens with one attached hydrogen (secondary N) is 1. The van der Waals surface area contributed by atoms with Crippen LogP contribution in [-0.4, -0.2) is 35.1 Å². The number of anilines is 2. The highest BCUT2D eigenvalue weighted by Crippen LogP contribution is 2.33. The summed E-state index contributed by atoms with van der Waals surface area (Å²) in [7, 11) is 3.95. The first kappa shape index (κ1) is 20.7. The maximum atomic E-state index is 6.18. The van der Waals surface area contributed by atoms with Crippen molar-refractivity contribution in [2.45, 2.75) is 38.1 Å². The van der Waals surface area contributed by atoms with Crippen LogP contribution in [0.25, 0.3) is 21.5 Å². The van der Waals surface area contributed by atoms with Gasteiger partial charge in [0, 0.05) is 50.2 Å². The van der Waals surface area contributed by atoms with Crippen LogP contribution in [0.1, 0.15) is 32.1 Å². The quantitative estimate of drug-likeness (QED) is 0.373. The second-order valence-corrected chi connectivity index (χ2v) is 9.43. The largest absolute Gasteiger partial charge is 0.457 e. The zero-order valence-corrected chi connectivity index (χ0v) is 19.2. The molecule has 3 heterocycles. The van der Waals surface area contributed by atoms with Gasteiger partial charge in [-0.3, -0.25) is 4.98 Å². The average molecular weight is 446 g/mol. The second kappa shape index (κ2) is 9.12. The van der Waals surface area contributed by atoms with Crippen molar-refractivity contribution >= 4 is 32.5 Å². The van der Waals surface area contributed by atoms with Gasteiger partial charge in [-0.05, 0) is 43.2 Å². The van der Waals surface area contributed by atoms with E-state index in [-0.39, 0.29) is 0 Å². The van der Waals surface area contributed by atoms with Gasteiger partial charge >= 0.3 is 0 Å². The Morgan fingerprint density at radius 1 is 0.938 bits per heavy atom. The molecule has 0 radical (unpaired) electrons. The number of benzene rings is 1. The summed E-state index contributed by atoms with van der Waals surface area (Å²) in [5, 5.41) is 4.63. The van der Waals surface area contributed by atoms with E-state index >= 15 is 0 Å². The first-order chi connectivity index (χ1) is 15.6. The summed E-state index contributed by atoms with van der Waals surface area (Å²) in [6.45, 7) is 0. The minimum Gasteiger partial charge on any atom is -0.457 e. The SMILES string of the molecule is CN(C)c1cc(-c2cc(Oc3ccc4nc(NC5CCCCC5)sc4c3)ccn2)ccn1. The van der Waals surface area contributed by atoms with E-state index in [1.165, 1.54) is 32.1 Å². The molecule has 1 aromatic carbocycles. The van der Waals surface area contributed by atoms with Crippen molar-refractivity contribution in [3.05, 3.63) is 54.9 Å². The third-order valence-electron chi connectivity index (χ3n) is 5.76. The fourth-order valence-corrected chi connectivity index (χ4v) is 5.01. The molecule has 0 aliphatic heterocycles. The Hall–Kier alpha value is -3.19. The van der Waals surface area contributed by atoms with Crippen LogP contribution in [0.5, 0.6) is 11.5 Å². The molecule has 5 rings (SSSR count). The van der Waals surface area contributed by atoms with E-state index < -0.39 is 0 Å². The maximum absolute atomic E-state index is 6.18. The highest BCUT2D eigenvalue weighted by Gasteiger charge is 2.15. The molecule has 0 saturated heterocycles. The van der Waals surface area contributed by atoms with Crippen molar-refractivity contribution in [3.8, 4) is 22.8 Å². The van der Waals surface area contributed by atoms with Crippen LogP contribution in [0.15, 0.2) is 54.9 Å². The summed E-state index contributed by atoms with van der Waals surface area (Å²) in [6.07, 6.45) is 10.0. The van der Waals surface area contributed by atoms with Crippen LogP contribution in [0.4, 0.5) is 10.9 Å². The lowest BCUT2D eigenvalue weighted by Crippen LogP contribution is -2.21. The molecule has 0 spiro atoms. The molecule has 4 aromatic rings. The minimum absolute atomic E-state index is 0.552. The van der Waals surface area contributed by atoms with Crippen LogP contribution in [0.2, 0.25) is 0 Å². The van der Waals surface area contributed by atoms with Gasteiger partial charge in [0.25, 0.3) is 0 Å². The third kappa shape index (κ3) is 4.67. The number of fused-ring (bicyclic) bond motifs is 1. The number of nitrogens with zero attached hydrogens (tertiary/aromatic N) is 4. The van der Waals surface area contributed by atoms with Gasteiger partial charge in [-0.25, -0.2) is 9.97 Å². The predicted octanol–water partition coefficient (Wildman–Crippen LogP) is 6.36. The van der Waals surface area contributed by atoms with Gasteiger partial charge in [0.15, 0.2) is 5.13 Å². The third-order valence-corrected chi connectivity index (χ3v) is 6.71. The molecule has 7 heteroatoms. The van der Waals surface area contributed by atoms with Crippen molar-refractivity contribution in [2.75, 3.05) is 24.3 Å². The Morgan fingerprint density at radius 2 is 1.75 bits per heavy atom. The van der Waals surface area contributed by atoms with Gasteiger partial charge in [-0.15, -0.1) is 0 Å².